The molecule has 0 rings (SSSR count). The van der Waals surface area contributed by atoms with Gasteiger partial charge in [0.05, 0.1) is 0 Å². The Labute approximate surface area is 55.4 Å². The summed E-state index contributed by atoms with van der Waals surface area (Å²) in [4.78, 5) is 10.5. The predicted molar refractivity (Wildman–Crippen MR) is 36.7 cm³/mol. The van der Waals surface area contributed by atoms with E-state index in [1.165, 1.54) is 0 Å². The van der Waals surface area contributed by atoms with Gasteiger partial charge in [0.15, 0.2) is 0 Å². The molecule has 0 aliphatic heterocycles. The van der Waals surface area contributed by atoms with Crippen LogP contribution in [0.25, 0.3) is 0 Å². The van der Waals surface area contributed by atoms with Crippen molar-refractivity contribution < 1.29 is 4.79 Å². The molecular formula is C7H11NO. The number of Topliss-reactive ketones (excluding diaryl/α,β-unsaturated/α-hetero) is 1. The summed E-state index contributed by atoms with van der Waals surface area (Å²) in [5.41, 5.74) is 5.43. The lowest BCUT2D eigenvalue weighted by Gasteiger charge is -2.02. The minimum Gasteiger partial charge on any atom is -0.327 e. The zero-order valence-corrected chi connectivity index (χ0v) is 5.55. The lowest BCUT2D eigenvalue weighted by atomic mass is 10.1. The summed E-state index contributed by atoms with van der Waals surface area (Å²) < 4.78 is 0. The van der Waals surface area contributed by atoms with Crippen LogP contribution in [-0.4, -0.2) is 11.8 Å². The maximum absolute atomic E-state index is 10.5. The largest absolute Gasteiger partial charge is 0.327 e. The quantitative estimate of drug-likeness (QED) is 0.436. The van der Waals surface area contributed by atoms with Crippen LogP contribution < -0.4 is 5.73 Å². The van der Waals surface area contributed by atoms with E-state index in [1.54, 1.807) is 0 Å². The Balaban J connectivity index is 3.50. The second-order valence-corrected chi connectivity index (χ2v) is 1.94. The normalized spacial score (nSPS) is 12.1. The van der Waals surface area contributed by atoms with E-state index in [0.29, 0.717) is 6.42 Å². The molecule has 0 radical (unpaired) electrons. The molecule has 0 saturated heterocycles. The van der Waals surface area contributed by atoms with Crippen molar-refractivity contribution >= 4 is 5.78 Å². The van der Waals surface area contributed by atoms with Crippen LogP contribution in [0.15, 0.2) is 0 Å². The molecule has 0 fully saturated rings. The highest BCUT2D eigenvalue weighted by atomic mass is 16.1. The van der Waals surface area contributed by atoms with Crippen molar-refractivity contribution in [3.63, 3.8) is 0 Å². The van der Waals surface area contributed by atoms with E-state index < -0.39 is 0 Å². The molecule has 0 bridgehead atoms. The molecule has 1 unspecified atom stereocenters. The third-order valence-electron chi connectivity index (χ3n) is 1.13. The molecule has 9 heavy (non-hydrogen) atoms. The number of carbonyl (C=O) groups is 1. The van der Waals surface area contributed by atoms with Crippen LogP contribution in [0, 0.1) is 12.3 Å². The summed E-state index contributed by atoms with van der Waals surface area (Å²) in [5.74, 6) is 1.81. The molecule has 0 aliphatic carbocycles. The van der Waals surface area contributed by atoms with Gasteiger partial charge in [0.1, 0.15) is 0 Å². The van der Waals surface area contributed by atoms with Gasteiger partial charge in [-0.25, -0.2) is 0 Å². The van der Waals surface area contributed by atoms with Gasteiger partial charge >= 0.3 is 0 Å². The van der Waals surface area contributed by atoms with Crippen LogP contribution in [-0.2, 0) is 4.79 Å². The van der Waals surface area contributed by atoms with Gasteiger partial charge in [0, 0.05) is 12.5 Å². The highest BCUT2D eigenvalue weighted by Gasteiger charge is 2.02. The first-order chi connectivity index (χ1) is 4.20. The summed E-state index contributed by atoms with van der Waals surface area (Å²) in [6.07, 6.45) is 5.93. The Morgan fingerprint density at radius 1 is 1.89 bits per heavy atom. The third-order valence-corrected chi connectivity index (χ3v) is 1.13. The Kier molecular flexibility index (Phi) is 3.74. The standard InChI is InChI=1S/C7H11NO/c1-3-6(8)5-7(9)4-2/h2,6H,3,5,8H2,1H3. The van der Waals surface area contributed by atoms with Gasteiger partial charge in [-0.3, -0.25) is 4.79 Å². The molecule has 2 N–H and O–H groups in total. The fourth-order valence-corrected chi connectivity index (χ4v) is 0.441. The van der Waals surface area contributed by atoms with Gasteiger partial charge in [-0.1, -0.05) is 6.92 Å². The number of hydrogen-bond donors (Lipinski definition) is 1. The number of hydrogen-bond acceptors (Lipinski definition) is 2. The van der Waals surface area contributed by atoms with Crippen LogP contribution in [0.4, 0.5) is 0 Å². The highest BCUT2D eigenvalue weighted by molar-refractivity contribution is 5.95. The maximum Gasteiger partial charge on any atom is 0.206 e. The zero-order chi connectivity index (χ0) is 7.28. The molecule has 1 atom stereocenters. The number of rotatable bonds is 3. The van der Waals surface area contributed by atoms with Gasteiger partial charge < -0.3 is 5.73 Å². The van der Waals surface area contributed by atoms with Crippen LogP contribution in [0.1, 0.15) is 19.8 Å². The third kappa shape index (κ3) is 3.75. The summed E-state index contributed by atoms with van der Waals surface area (Å²) in [5, 5.41) is 0. The van der Waals surface area contributed by atoms with Crippen molar-refractivity contribution in [3.8, 4) is 12.3 Å². The molecule has 0 heterocycles. The molecule has 0 amide bonds. The Morgan fingerprint density at radius 3 is 2.78 bits per heavy atom. The monoisotopic (exact) mass is 125 g/mol. The first-order valence-corrected chi connectivity index (χ1v) is 2.95. The molecule has 0 saturated carbocycles. The number of ketones is 1. The Hall–Kier alpha value is -0.810. The van der Waals surface area contributed by atoms with Gasteiger partial charge in [0.2, 0.25) is 5.78 Å². The fourth-order valence-electron chi connectivity index (χ4n) is 0.441. The van der Waals surface area contributed by atoms with E-state index >= 15 is 0 Å². The SMILES string of the molecule is C#CC(=O)CC(N)CC. The molecule has 0 aromatic rings. The summed E-state index contributed by atoms with van der Waals surface area (Å²) in [6, 6.07) is -0.0615. The van der Waals surface area contributed by atoms with Crippen molar-refractivity contribution in [1.82, 2.24) is 0 Å². The molecule has 0 aromatic carbocycles. The molecule has 0 spiro atoms. The van der Waals surface area contributed by atoms with Crippen LogP contribution >= 0.6 is 0 Å². The molecule has 2 heteroatoms. The van der Waals surface area contributed by atoms with E-state index in [4.69, 9.17) is 12.2 Å². The minimum absolute atomic E-state index is 0.0615. The van der Waals surface area contributed by atoms with E-state index in [0.717, 1.165) is 6.42 Å². The first-order valence-electron chi connectivity index (χ1n) is 2.95. The van der Waals surface area contributed by atoms with Crippen LogP contribution in [0.2, 0.25) is 0 Å². The van der Waals surface area contributed by atoms with E-state index in [2.05, 4.69) is 0 Å². The van der Waals surface area contributed by atoms with Gasteiger partial charge in [0.25, 0.3) is 0 Å². The zero-order valence-electron chi connectivity index (χ0n) is 5.55. The number of terminal acetylenes is 1. The summed E-state index contributed by atoms with van der Waals surface area (Å²) in [7, 11) is 0. The lowest BCUT2D eigenvalue weighted by Crippen LogP contribution is -2.21. The average Bonchev–Trinajstić information content (AvgIpc) is 1.87. The lowest BCUT2D eigenvalue weighted by molar-refractivity contribution is -0.114. The van der Waals surface area contributed by atoms with E-state index in [1.807, 2.05) is 12.8 Å². The van der Waals surface area contributed by atoms with Crippen molar-refractivity contribution in [3.05, 3.63) is 0 Å². The first kappa shape index (κ1) is 8.19. The molecule has 0 aliphatic rings. The smallest absolute Gasteiger partial charge is 0.206 e. The summed E-state index contributed by atoms with van der Waals surface area (Å²) in [6.45, 7) is 1.93. The predicted octanol–water partition coefficient (Wildman–Crippen LogP) is 0.316. The number of carbonyl (C=O) groups excluding carboxylic acids is 1. The van der Waals surface area contributed by atoms with Gasteiger partial charge in [-0.2, -0.15) is 0 Å². The van der Waals surface area contributed by atoms with Crippen molar-refractivity contribution in [1.29, 1.82) is 0 Å². The summed E-state index contributed by atoms with van der Waals surface area (Å²) >= 11 is 0. The highest BCUT2D eigenvalue weighted by Crippen LogP contribution is 1.92. The van der Waals surface area contributed by atoms with Crippen molar-refractivity contribution in [2.45, 2.75) is 25.8 Å². The maximum atomic E-state index is 10.5. The Morgan fingerprint density at radius 2 is 2.44 bits per heavy atom. The Bertz CT molecular complexity index is 134. The van der Waals surface area contributed by atoms with Crippen LogP contribution in [0.5, 0.6) is 0 Å². The molecule has 0 aromatic heterocycles. The van der Waals surface area contributed by atoms with Crippen molar-refractivity contribution in [2.24, 2.45) is 5.73 Å². The minimum atomic E-state index is -0.204. The molecular weight excluding hydrogens is 114 g/mol. The number of nitrogens with two attached hydrogens (primary N) is 1. The topological polar surface area (TPSA) is 43.1 Å². The second-order valence-electron chi connectivity index (χ2n) is 1.94. The molecule has 50 valence electrons. The van der Waals surface area contributed by atoms with Crippen molar-refractivity contribution in [2.75, 3.05) is 0 Å². The molecule has 2 nitrogen and oxygen atoms in total. The second kappa shape index (κ2) is 4.11. The van der Waals surface area contributed by atoms with E-state index in [-0.39, 0.29) is 11.8 Å². The van der Waals surface area contributed by atoms with Gasteiger partial charge in [-0.05, 0) is 12.3 Å². The van der Waals surface area contributed by atoms with E-state index in [9.17, 15) is 4.79 Å². The van der Waals surface area contributed by atoms with Crippen LogP contribution in [0.3, 0.4) is 0 Å². The fraction of sp³-hybridized carbons (Fsp3) is 0.571. The van der Waals surface area contributed by atoms with Gasteiger partial charge in [-0.15, -0.1) is 6.42 Å². The average molecular weight is 125 g/mol.